The molecule has 0 saturated heterocycles. The molecule has 0 aliphatic carbocycles. The van der Waals surface area contributed by atoms with Crippen LogP contribution in [0.2, 0.25) is 20.1 Å². The normalized spacial score (nSPS) is 12.1. The molecule has 0 aliphatic rings. The summed E-state index contributed by atoms with van der Waals surface area (Å²) in [6, 6.07) is 0. The molecular formula is C16H18Cl4O4. The van der Waals surface area contributed by atoms with Gasteiger partial charge in [0.15, 0.2) is 0 Å². The molecule has 0 spiro atoms. The largest absolute Gasteiger partial charge is 0.478 e. The molecule has 4 nitrogen and oxygen atoms in total. The van der Waals surface area contributed by atoms with Crippen LogP contribution in [0.15, 0.2) is 0 Å². The van der Waals surface area contributed by atoms with E-state index in [4.69, 9.17) is 51.1 Å². The summed E-state index contributed by atoms with van der Waals surface area (Å²) in [6.45, 7) is 3.84. The van der Waals surface area contributed by atoms with Crippen molar-refractivity contribution in [2.24, 2.45) is 0 Å². The third-order valence-corrected chi connectivity index (χ3v) is 5.26. The molecule has 0 amide bonds. The molecule has 0 bridgehead atoms. The second-order valence-corrected chi connectivity index (χ2v) is 6.89. The Labute approximate surface area is 161 Å². The van der Waals surface area contributed by atoms with Crippen LogP contribution in [0.3, 0.4) is 0 Å². The smallest absolute Gasteiger partial charge is 0.340 e. The van der Waals surface area contributed by atoms with Gasteiger partial charge in [0.05, 0.1) is 37.3 Å². The first kappa shape index (κ1) is 21.4. The molecular weight excluding hydrogens is 398 g/mol. The highest BCUT2D eigenvalue weighted by atomic mass is 35.5. The van der Waals surface area contributed by atoms with Crippen LogP contribution in [-0.4, -0.2) is 23.1 Å². The van der Waals surface area contributed by atoms with Gasteiger partial charge in [-0.25, -0.2) is 9.59 Å². The Kier molecular flexibility index (Phi) is 8.65. The van der Waals surface area contributed by atoms with Crippen LogP contribution < -0.4 is 0 Å². The summed E-state index contributed by atoms with van der Waals surface area (Å²) in [7, 11) is 0. The van der Waals surface area contributed by atoms with Gasteiger partial charge in [0.1, 0.15) is 0 Å². The number of rotatable bonds is 8. The van der Waals surface area contributed by atoms with Gasteiger partial charge in [0.2, 0.25) is 0 Å². The zero-order valence-corrected chi connectivity index (χ0v) is 16.3. The number of halogens is 4. The molecule has 1 rings (SSSR count). The average molecular weight is 416 g/mol. The predicted octanol–water partition coefficient (Wildman–Crippen LogP) is 6.51. The van der Waals surface area contributed by atoms with Crippen LogP contribution in [-0.2, 0) is 4.74 Å². The Morgan fingerprint density at radius 2 is 1.50 bits per heavy atom. The number of hydrogen-bond acceptors (Lipinski definition) is 3. The fourth-order valence-electron chi connectivity index (χ4n) is 2.18. The van der Waals surface area contributed by atoms with E-state index in [0.717, 1.165) is 25.7 Å². The van der Waals surface area contributed by atoms with Crippen molar-refractivity contribution < 1.29 is 19.4 Å². The van der Waals surface area contributed by atoms with E-state index in [-0.39, 0.29) is 31.8 Å². The molecule has 0 fully saturated rings. The lowest BCUT2D eigenvalue weighted by molar-refractivity contribution is 0.0314. The molecule has 8 heteroatoms. The van der Waals surface area contributed by atoms with Gasteiger partial charge in [-0.1, -0.05) is 72.6 Å². The highest BCUT2D eigenvalue weighted by molar-refractivity contribution is 6.54. The first-order valence-corrected chi connectivity index (χ1v) is 9.03. The van der Waals surface area contributed by atoms with Gasteiger partial charge in [0.25, 0.3) is 0 Å². The summed E-state index contributed by atoms with van der Waals surface area (Å²) in [5.41, 5.74) is -0.900. The summed E-state index contributed by atoms with van der Waals surface area (Å²) in [6.07, 6.45) is 4.44. The van der Waals surface area contributed by atoms with Gasteiger partial charge >= 0.3 is 11.9 Å². The molecule has 0 saturated carbocycles. The Morgan fingerprint density at radius 3 is 2.00 bits per heavy atom. The Balaban J connectivity index is 3.04. The summed E-state index contributed by atoms with van der Waals surface area (Å²) < 4.78 is 5.29. The Bertz CT molecular complexity index is 631. The minimum atomic E-state index is -1.44. The minimum absolute atomic E-state index is 0.184. The zero-order valence-electron chi connectivity index (χ0n) is 13.3. The lowest BCUT2D eigenvalue weighted by Crippen LogP contribution is -2.19. The molecule has 1 unspecified atom stereocenters. The van der Waals surface area contributed by atoms with Crippen molar-refractivity contribution in [1.29, 1.82) is 0 Å². The number of carboxylic acids is 1. The molecule has 1 atom stereocenters. The van der Waals surface area contributed by atoms with Gasteiger partial charge in [-0.3, -0.25) is 0 Å². The lowest BCUT2D eigenvalue weighted by atomic mass is 10.1. The minimum Gasteiger partial charge on any atom is -0.478 e. The third kappa shape index (κ3) is 5.16. The molecule has 1 aromatic rings. The molecule has 0 aliphatic heterocycles. The van der Waals surface area contributed by atoms with E-state index < -0.39 is 17.5 Å². The van der Waals surface area contributed by atoms with Gasteiger partial charge < -0.3 is 9.84 Å². The summed E-state index contributed by atoms with van der Waals surface area (Å²) in [5.74, 6) is -2.33. The number of aromatic carboxylic acids is 1. The van der Waals surface area contributed by atoms with Gasteiger partial charge in [0, 0.05) is 0 Å². The second kappa shape index (κ2) is 9.71. The number of hydrogen-bond donors (Lipinski definition) is 1. The molecule has 24 heavy (non-hydrogen) atoms. The van der Waals surface area contributed by atoms with Gasteiger partial charge in [-0.2, -0.15) is 0 Å². The molecule has 1 aromatic carbocycles. The van der Waals surface area contributed by atoms with E-state index in [1.165, 1.54) is 0 Å². The topological polar surface area (TPSA) is 63.6 Å². The van der Waals surface area contributed by atoms with Crippen LogP contribution in [0.4, 0.5) is 0 Å². The van der Waals surface area contributed by atoms with E-state index in [9.17, 15) is 14.7 Å². The maximum atomic E-state index is 12.4. The monoisotopic (exact) mass is 414 g/mol. The van der Waals surface area contributed by atoms with Crippen LogP contribution in [0.5, 0.6) is 0 Å². The van der Waals surface area contributed by atoms with Crippen molar-refractivity contribution in [3.05, 3.63) is 31.2 Å². The molecule has 134 valence electrons. The number of unbranched alkanes of at least 4 members (excludes halogenated alkanes) is 3. The maximum absolute atomic E-state index is 12.4. The van der Waals surface area contributed by atoms with Crippen LogP contribution in [0.25, 0.3) is 0 Å². The fraction of sp³-hybridized carbons (Fsp3) is 0.500. The number of esters is 1. The highest BCUT2D eigenvalue weighted by Crippen LogP contribution is 2.42. The van der Waals surface area contributed by atoms with Crippen LogP contribution in [0.1, 0.15) is 66.7 Å². The van der Waals surface area contributed by atoms with E-state index >= 15 is 0 Å². The summed E-state index contributed by atoms with van der Waals surface area (Å²) in [5, 5.41) is 8.28. The molecule has 0 radical (unpaired) electrons. The Hall–Kier alpha value is -0.680. The number of carbonyl (C=O) groups excluding carboxylic acids is 1. The first-order chi connectivity index (χ1) is 11.2. The van der Waals surface area contributed by atoms with Crippen molar-refractivity contribution in [2.45, 2.75) is 52.1 Å². The van der Waals surface area contributed by atoms with Crippen LogP contribution >= 0.6 is 46.4 Å². The van der Waals surface area contributed by atoms with E-state index in [1.54, 1.807) is 6.92 Å². The molecule has 1 N–H and O–H groups in total. The molecule has 0 aromatic heterocycles. The SMILES string of the molecule is CCCCCCC(C)OC(=O)c1c(Cl)c(Cl)c(Cl)c(Cl)c1C(=O)O. The van der Waals surface area contributed by atoms with E-state index in [0.29, 0.717) is 6.42 Å². The van der Waals surface area contributed by atoms with Crippen molar-refractivity contribution in [1.82, 2.24) is 0 Å². The van der Waals surface area contributed by atoms with Crippen molar-refractivity contribution in [3.63, 3.8) is 0 Å². The molecule has 0 heterocycles. The number of carboxylic acid groups (broad SMARTS) is 1. The fourth-order valence-corrected chi connectivity index (χ4v) is 3.19. The number of carbonyl (C=O) groups is 2. The standard InChI is InChI=1S/C16H18Cl4O4/c1-3-4-5-6-7-8(2)24-16(23)10-9(15(21)22)11(17)13(19)14(20)12(10)18/h8H,3-7H2,1-2H3,(H,21,22). The van der Waals surface area contributed by atoms with Crippen molar-refractivity contribution in [2.75, 3.05) is 0 Å². The van der Waals surface area contributed by atoms with Crippen LogP contribution in [0, 0.1) is 0 Å². The number of benzene rings is 1. The average Bonchev–Trinajstić information content (AvgIpc) is 2.52. The quantitative estimate of drug-likeness (QED) is 0.227. The van der Waals surface area contributed by atoms with Crippen molar-refractivity contribution >= 4 is 58.3 Å². The Morgan fingerprint density at radius 1 is 0.958 bits per heavy atom. The summed E-state index contributed by atoms with van der Waals surface area (Å²) >= 11 is 23.7. The van der Waals surface area contributed by atoms with Crippen molar-refractivity contribution in [3.8, 4) is 0 Å². The zero-order chi connectivity index (χ0) is 18.4. The van der Waals surface area contributed by atoms with E-state index in [2.05, 4.69) is 6.92 Å². The van der Waals surface area contributed by atoms with Gasteiger partial charge in [-0.15, -0.1) is 0 Å². The van der Waals surface area contributed by atoms with E-state index in [1.807, 2.05) is 0 Å². The maximum Gasteiger partial charge on any atom is 0.340 e. The first-order valence-electron chi connectivity index (χ1n) is 7.52. The second-order valence-electron chi connectivity index (χ2n) is 5.38. The third-order valence-electron chi connectivity index (χ3n) is 3.46. The number of ether oxygens (including phenoxy) is 1. The lowest BCUT2D eigenvalue weighted by Gasteiger charge is -2.17. The van der Waals surface area contributed by atoms with Gasteiger partial charge in [-0.05, 0) is 19.8 Å². The summed E-state index contributed by atoms with van der Waals surface area (Å²) in [4.78, 5) is 23.8. The highest BCUT2D eigenvalue weighted by Gasteiger charge is 2.30. The predicted molar refractivity (Wildman–Crippen MR) is 97.1 cm³/mol.